The van der Waals surface area contributed by atoms with Crippen molar-refractivity contribution in [1.82, 2.24) is 25.4 Å². The van der Waals surface area contributed by atoms with Gasteiger partial charge in [-0.2, -0.15) is 0 Å². The summed E-state index contributed by atoms with van der Waals surface area (Å²) >= 11 is 6.39. The summed E-state index contributed by atoms with van der Waals surface area (Å²) in [6, 6.07) is 8.40. The van der Waals surface area contributed by atoms with Gasteiger partial charge in [-0.05, 0) is 31.9 Å². The lowest BCUT2D eigenvalue weighted by molar-refractivity contribution is 0.468. The predicted molar refractivity (Wildman–Crippen MR) is 115 cm³/mol. The third kappa shape index (κ3) is 5.38. The molecule has 0 amide bonds. The van der Waals surface area contributed by atoms with Crippen LogP contribution in [0.2, 0.25) is 5.02 Å². The Morgan fingerprint density at radius 2 is 2.18 bits per heavy atom. The molecular formula is C20H30ClN7. The number of halogens is 1. The number of benzene rings is 1. The monoisotopic (exact) mass is 403 g/mol. The third-order valence-electron chi connectivity index (χ3n) is 4.92. The molecular weight excluding hydrogens is 374 g/mol. The average Bonchev–Trinajstić information content (AvgIpc) is 3.16. The summed E-state index contributed by atoms with van der Waals surface area (Å²) in [6.07, 6.45) is 4.90. The zero-order valence-electron chi connectivity index (χ0n) is 16.7. The zero-order chi connectivity index (χ0) is 19.8. The average molecular weight is 404 g/mol. The molecule has 1 atom stereocenters. The molecule has 3 rings (SSSR count). The van der Waals surface area contributed by atoms with E-state index in [-0.39, 0.29) is 0 Å². The van der Waals surface area contributed by atoms with Crippen LogP contribution in [0.1, 0.15) is 32.5 Å². The third-order valence-corrected chi connectivity index (χ3v) is 5.24. The quantitative estimate of drug-likeness (QED) is 0.549. The number of nitrogens with zero attached hydrogens (tertiary/aromatic N) is 5. The van der Waals surface area contributed by atoms with Crippen LogP contribution >= 0.6 is 11.6 Å². The molecule has 1 aromatic carbocycles. The molecule has 0 bridgehead atoms. The van der Waals surface area contributed by atoms with Gasteiger partial charge in [0.2, 0.25) is 0 Å². The lowest BCUT2D eigenvalue weighted by atomic mass is 10.0. The summed E-state index contributed by atoms with van der Waals surface area (Å²) < 4.78 is 2.06. The smallest absolute Gasteiger partial charge is 0.191 e. The Morgan fingerprint density at radius 1 is 1.32 bits per heavy atom. The molecule has 1 fully saturated rings. The number of guanidine groups is 1. The standard InChI is InChI=1S/C20H30ClN7/c1-3-19-26-24-15-28(19)13-11-23-20(22-4-2)25-16-8-7-12-27(14-16)18-10-6-5-9-17(18)21/h5-6,9-10,15-16H,3-4,7-8,11-14H2,1-2H3,(H2,22,23,25). The van der Waals surface area contributed by atoms with E-state index in [0.717, 1.165) is 67.9 Å². The molecule has 1 aliphatic rings. The Kier molecular flexibility index (Phi) is 7.54. The number of piperidine rings is 1. The van der Waals surface area contributed by atoms with Crippen LogP contribution < -0.4 is 15.5 Å². The molecule has 2 N–H and O–H groups in total. The largest absolute Gasteiger partial charge is 0.368 e. The van der Waals surface area contributed by atoms with E-state index in [1.54, 1.807) is 6.33 Å². The Hall–Kier alpha value is -2.28. The van der Waals surface area contributed by atoms with Crippen molar-refractivity contribution in [3.8, 4) is 0 Å². The number of aryl methyl sites for hydroxylation is 1. The minimum absolute atomic E-state index is 0.337. The number of aromatic nitrogens is 3. The first-order valence-electron chi connectivity index (χ1n) is 10.1. The van der Waals surface area contributed by atoms with E-state index in [0.29, 0.717) is 12.6 Å². The molecule has 2 heterocycles. The molecule has 1 aliphatic heterocycles. The topological polar surface area (TPSA) is 70.4 Å². The fraction of sp³-hybridized carbons (Fsp3) is 0.550. The fourth-order valence-electron chi connectivity index (χ4n) is 3.54. The van der Waals surface area contributed by atoms with Crippen LogP contribution in [0.15, 0.2) is 35.6 Å². The summed E-state index contributed by atoms with van der Waals surface area (Å²) in [5, 5.41) is 15.9. The van der Waals surface area contributed by atoms with Crippen molar-refractivity contribution in [1.29, 1.82) is 0 Å². The number of nitrogens with one attached hydrogen (secondary N) is 2. The van der Waals surface area contributed by atoms with Crippen LogP contribution in [-0.2, 0) is 13.0 Å². The number of anilines is 1. The van der Waals surface area contributed by atoms with Crippen molar-refractivity contribution in [2.45, 2.75) is 45.7 Å². The molecule has 1 aromatic heterocycles. The van der Waals surface area contributed by atoms with Gasteiger partial charge in [-0.1, -0.05) is 30.7 Å². The van der Waals surface area contributed by atoms with Crippen LogP contribution in [0.3, 0.4) is 0 Å². The SMILES string of the molecule is CCNC(=NCCn1cnnc1CC)NC1CCCN(c2ccccc2Cl)C1. The van der Waals surface area contributed by atoms with E-state index in [2.05, 4.69) is 50.2 Å². The van der Waals surface area contributed by atoms with E-state index in [1.807, 2.05) is 18.2 Å². The second-order valence-electron chi connectivity index (χ2n) is 6.94. The molecule has 1 saturated heterocycles. The van der Waals surface area contributed by atoms with Crippen LogP contribution in [0.5, 0.6) is 0 Å². The van der Waals surface area contributed by atoms with Crippen molar-refractivity contribution < 1.29 is 0 Å². The van der Waals surface area contributed by atoms with Gasteiger partial charge in [-0.3, -0.25) is 4.99 Å². The molecule has 2 aromatic rings. The summed E-state index contributed by atoms with van der Waals surface area (Å²) in [6.45, 7) is 8.42. The lowest BCUT2D eigenvalue weighted by Crippen LogP contribution is -2.51. The number of rotatable bonds is 7. The number of para-hydroxylation sites is 1. The number of aliphatic imine (C=N–C) groups is 1. The van der Waals surface area contributed by atoms with Crippen molar-refractivity contribution in [3.63, 3.8) is 0 Å². The van der Waals surface area contributed by atoms with Crippen LogP contribution in [0.25, 0.3) is 0 Å². The highest BCUT2D eigenvalue weighted by molar-refractivity contribution is 6.33. The normalized spacial score (nSPS) is 17.6. The maximum Gasteiger partial charge on any atom is 0.191 e. The van der Waals surface area contributed by atoms with E-state index in [1.165, 1.54) is 0 Å². The molecule has 28 heavy (non-hydrogen) atoms. The summed E-state index contributed by atoms with van der Waals surface area (Å²) in [4.78, 5) is 7.11. The molecule has 7 nitrogen and oxygen atoms in total. The lowest BCUT2D eigenvalue weighted by Gasteiger charge is -2.35. The second-order valence-corrected chi connectivity index (χ2v) is 7.34. The van der Waals surface area contributed by atoms with E-state index < -0.39 is 0 Å². The minimum Gasteiger partial charge on any atom is -0.368 e. The second kappa shape index (κ2) is 10.3. The molecule has 0 saturated carbocycles. The summed E-state index contributed by atoms with van der Waals surface area (Å²) in [5.41, 5.74) is 1.11. The van der Waals surface area contributed by atoms with Crippen LogP contribution in [-0.4, -0.2) is 52.9 Å². The van der Waals surface area contributed by atoms with Crippen LogP contribution in [0.4, 0.5) is 5.69 Å². The molecule has 0 radical (unpaired) electrons. The molecule has 0 aliphatic carbocycles. The van der Waals surface area contributed by atoms with Gasteiger partial charge in [-0.15, -0.1) is 10.2 Å². The van der Waals surface area contributed by atoms with E-state index in [4.69, 9.17) is 16.6 Å². The Morgan fingerprint density at radius 3 is 2.96 bits per heavy atom. The predicted octanol–water partition coefficient (Wildman–Crippen LogP) is 2.72. The van der Waals surface area contributed by atoms with Gasteiger partial charge in [0.05, 0.1) is 17.3 Å². The highest BCUT2D eigenvalue weighted by Crippen LogP contribution is 2.27. The maximum atomic E-state index is 6.39. The molecule has 1 unspecified atom stereocenters. The Labute approximate surface area is 172 Å². The summed E-state index contributed by atoms with van der Waals surface area (Å²) in [7, 11) is 0. The van der Waals surface area contributed by atoms with Gasteiger partial charge in [0.1, 0.15) is 12.2 Å². The van der Waals surface area contributed by atoms with Crippen molar-refractivity contribution in [2.24, 2.45) is 4.99 Å². The number of hydrogen-bond donors (Lipinski definition) is 2. The van der Waals surface area contributed by atoms with Crippen molar-refractivity contribution in [2.75, 3.05) is 31.1 Å². The Balaban J connectivity index is 1.59. The zero-order valence-corrected chi connectivity index (χ0v) is 17.5. The van der Waals surface area contributed by atoms with Crippen molar-refractivity contribution >= 4 is 23.2 Å². The molecule has 8 heteroatoms. The van der Waals surface area contributed by atoms with Gasteiger partial charge in [0, 0.05) is 38.6 Å². The van der Waals surface area contributed by atoms with Gasteiger partial charge < -0.3 is 20.1 Å². The van der Waals surface area contributed by atoms with Gasteiger partial charge in [-0.25, -0.2) is 0 Å². The summed E-state index contributed by atoms with van der Waals surface area (Å²) in [5.74, 6) is 1.86. The first kappa shape index (κ1) is 20.5. The van der Waals surface area contributed by atoms with Gasteiger partial charge in [0.25, 0.3) is 0 Å². The first-order valence-corrected chi connectivity index (χ1v) is 10.5. The van der Waals surface area contributed by atoms with Gasteiger partial charge >= 0.3 is 0 Å². The highest BCUT2D eigenvalue weighted by Gasteiger charge is 2.22. The minimum atomic E-state index is 0.337. The van der Waals surface area contributed by atoms with E-state index >= 15 is 0 Å². The Bertz CT molecular complexity index is 773. The molecule has 0 spiro atoms. The first-order chi connectivity index (χ1) is 13.7. The molecule has 152 valence electrons. The van der Waals surface area contributed by atoms with Crippen LogP contribution in [0, 0.1) is 0 Å². The highest BCUT2D eigenvalue weighted by atomic mass is 35.5. The van der Waals surface area contributed by atoms with Gasteiger partial charge in [0.15, 0.2) is 5.96 Å². The number of hydrogen-bond acceptors (Lipinski definition) is 4. The van der Waals surface area contributed by atoms with E-state index in [9.17, 15) is 0 Å². The fourth-order valence-corrected chi connectivity index (χ4v) is 3.80. The van der Waals surface area contributed by atoms with Crippen molar-refractivity contribution in [3.05, 3.63) is 41.4 Å². The maximum absolute atomic E-state index is 6.39.